The minimum absolute atomic E-state index is 0.170. The molecule has 120 valence electrons. The molecule has 0 spiro atoms. The van der Waals surface area contributed by atoms with Gasteiger partial charge in [-0.1, -0.05) is 6.07 Å². The smallest absolute Gasteiger partial charge is 0.409 e. The summed E-state index contributed by atoms with van der Waals surface area (Å²) in [7, 11) is 0. The first-order chi connectivity index (χ1) is 10.5. The molecule has 22 heavy (non-hydrogen) atoms. The average Bonchev–Trinajstić information content (AvgIpc) is 2.50. The summed E-state index contributed by atoms with van der Waals surface area (Å²) in [5, 5.41) is 2.61. The van der Waals surface area contributed by atoms with Crippen LogP contribution in [0.25, 0.3) is 0 Å². The van der Waals surface area contributed by atoms with Crippen molar-refractivity contribution in [3.63, 3.8) is 0 Å². The highest BCUT2D eigenvalue weighted by molar-refractivity contribution is 5.93. The molecule has 0 bridgehead atoms. The van der Waals surface area contributed by atoms with Crippen molar-refractivity contribution in [1.82, 2.24) is 4.90 Å². The van der Waals surface area contributed by atoms with Gasteiger partial charge >= 0.3 is 6.09 Å². The number of anilines is 1. The zero-order chi connectivity index (χ0) is 16.1. The number of aryl methyl sites for hydroxylation is 1. The molecule has 0 aliphatic carbocycles. The number of likely N-dealkylation sites (tertiary alicyclic amines) is 1. The molecule has 2 rings (SSSR count). The molecule has 1 aromatic carbocycles. The lowest BCUT2D eigenvalue weighted by molar-refractivity contribution is -0.121. The Bertz CT molecular complexity index is 562. The van der Waals surface area contributed by atoms with Crippen LogP contribution in [0.2, 0.25) is 0 Å². The van der Waals surface area contributed by atoms with Gasteiger partial charge in [0.25, 0.3) is 0 Å². The van der Waals surface area contributed by atoms with Gasteiger partial charge in [-0.05, 0) is 44.4 Å². The Hall–Kier alpha value is -2.11. The summed E-state index contributed by atoms with van der Waals surface area (Å²) in [6, 6.07) is 4.67. The van der Waals surface area contributed by atoms with E-state index < -0.39 is 11.9 Å². The number of carbonyl (C=O) groups excluding carboxylic acids is 2. The number of hydrogen-bond donors (Lipinski definition) is 1. The summed E-state index contributed by atoms with van der Waals surface area (Å²) in [5.74, 6) is -1.07. The van der Waals surface area contributed by atoms with Crippen LogP contribution in [0, 0.1) is 18.7 Å². The molecule has 2 amide bonds. The number of rotatable bonds is 3. The Labute approximate surface area is 129 Å². The van der Waals surface area contributed by atoms with Crippen LogP contribution in [0.5, 0.6) is 0 Å². The summed E-state index contributed by atoms with van der Waals surface area (Å²) in [6.45, 7) is 4.72. The van der Waals surface area contributed by atoms with Crippen molar-refractivity contribution >= 4 is 17.7 Å². The molecule has 5 nitrogen and oxygen atoms in total. The number of nitrogens with one attached hydrogen (secondary N) is 1. The van der Waals surface area contributed by atoms with Crippen LogP contribution < -0.4 is 5.32 Å². The van der Waals surface area contributed by atoms with Gasteiger partial charge in [0, 0.05) is 13.1 Å². The third-order valence-electron chi connectivity index (χ3n) is 3.70. The highest BCUT2D eigenvalue weighted by Gasteiger charge is 2.29. The van der Waals surface area contributed by atoms with E-state index in [0.717, 1.165) is 12.0 Å². The van der Waals surface area contributed by atoms with E-state index in [-0.39, 0.29) is 17.5 Å². The topological polar surface area (TPSA) is 58.6 Å². The van der Waals surface area contributed by atoms with Crippen molar-refractivity contribution in [3.05, 3.63) is 29.6 Å². The van der Waals surface area contributed by atoms with E-state index in [1.807, 2.05) is 0 Å². The number of amides is 2. The first-order valence-electron chi connectivity index (χ1n) is 7.50. The number of hydrogen-bond acceptors (Lipinski definition) is 3. The predicted octanol–water partition coefficient (Wildman–Crippen LogP) is 2.94. The number of benzene rings is 1. The molecule has 1 aliphatic rings. The third-order valence-corrected chi connectivity index (χ3v) is 3.70. The molecule has 0 saturated carbocycles. The van der Waals surface area contributed by atoms with Gasteiger partial charge in [-0.15, -0.1) is 0 Å². The van der Waals surface area contributed by atoms with Crippen LogP contribution in [-0.2, 0) is 9.53 Å². The van der Waals surface area contributed by atoms with Crippen LogP contribution in [-0.4, -0.2) is 36.6 Å². The Kier molecular flexibility index (Phi) is 5.35. The van der Waals surface area contributed by atoms with E-state index in [1.165, 1.54) is 11.0 Å². The van der Waals surface area contributed by atoms with Crippen molar-refractivity contribution in [1.29, 1.82) is 0 Å². The molecule has 1 saturated heterocycles. The molecule has 1 N–H and O–H groups in total. The highest BCUT2D eigenvalue weighted by atomic mass is 19.1. The maximum atomic E-state index is 13.8. The number of carbonyl (C=O) groups is 2. The maximum Gasteiger partial charge on any atom is 0.409 e. The molecule has 1 aliphatic heterocycles. The number of ether oxygens (including phenoxy) is 1. The number of nitrogens with zero attached hydrogens (tertiary/aromatic N) is 1. The molecular weight excluding hydrogens is 287 g/mol. The van der Waals surface area contributed by atoms with Crippen molar-refractivity contribution in [2.24, 2.45) is 5.92 Å². The van der Waals surface area contributed by atoms with Crippen LogP contribution in [0.4, 0.5) is 14.9 Å². The predicted molar refractivity (Wildman–Crippen MR) is 81.1 cm³/mol. The van der Waals surface area contributed by atoms with Gasteiger partial charge in [0.2, 0.25) is 5.91 Å². The second-order valence-corrected chi connectivity index (χ2v) is 5.46. The van der Waals surface area contributed by atoms with Crippen LogP contribution in [0.1, 0.15) is 25.3 Å². The molecule has 0 unspecified atom stereocenters. The molecule has 6 heteroatoms. The average molecular weight is 308 g/mol. The fourth-order valence-electron chi connectivity index (χ4n) is 2.53. The van der Waals surface area contributed by atoms with Gasteiger partial charge in [-0.25, -0.2) is 9.18 Å². The first-order valence-corrected chi connectivity index (χ1v) is 7.50. The van der Waals surface area contributed by atoms with E-state index in [0.29, 0.717) is 26.1 Å². The van der Waals surface area contributed by atoms with Crippen molar-refractivity contribution in [2.75, 3.05) is 25.0 Å². The normalized spacial score (nSPS) is 18.0. The molecule has 1 aromatic rings. The second-order valence-electron chi connectivity index (χ2n) is 5.46. The van der Waals surface area contributed by atoms with E-state index >= 15 is 0 Å². The molecule has 1 atom stereocenters. The quantitative estimate of drug-likeness (QED) is 0.934. The van der Waals surface area contributed by atoms with Gasteiger partial charge < -0.3 is 15.0 Å². The fraction of sp³-hybridized carbons (Fsp3) is 0.500. The van der Waals surface area contributed by atoms with Crippen molar-refractivity contribution in [2.45, 2.75) is 26.7 Å². The molecule has 0 radical (unpaired) electrons. The van der Waals surface area contributed by atoms with Crippen molar-refractivity contribution < 1.29 is 18.7 Å². The Morgan fingerprint density at radius 3 is 2.91 bits per heavy atom. The summed E-state index contributed by atoms with van der Waals surface area (Å²) in [4.78, 5) is 25.5. The number of halogens is 1. The zero-order valence-corrected chi connectivity index (χ0v) is 12.9. The highest BCUT2D eigenvalue weighted by Crippen LogP contribution is 2.21. The largest absolute Gasteiger partial charge is 0.450 e. The Balaban J connectivity index is 1.98. The minimum Gasteiger partial charge on any atom is -0.450 e. The van der Waals surface area contributed by atoms with Gasteiger partial charge in [-0.3, -0.25) is 4.79 Å². The summed E-state index contributed by atoms with van der Waals surface area (Å²) >= 11 is 0. The molecular formula is C16H21FN2O3. The van der Waals surface area contributed by atoms with E-state index in [4.69, 9.17) is 4.74 Å². The molecule has 1 heterocycles. The van der Waals surface area contributed by atoms with E-state index in [2.05, 4.69) is 5.32 Å². The summed E-state index contributed by atoms with van der Waals surface area (Å²) in [6.07, 6.45) is 1.00. The SMILES string of the molecule is CCOC(=O)N1CCC[C@@H](C(=O)Nc2ccc(C)cc2F)C1. The van der Waals surface area contributed by atoms with Gasteiger partial charge in [0.1, 0.15) is 5.82 Å². The van der Waals surface area contributed by atoms with Crippen molar-refractivity contribution in [3.8, 4) is 0 Å². The Morgan fingerprint density at radius 1 is 1.45 bits per heavy atom. The van der Waals surface area contributed by atoms with Gasteiger partial charge in [0.15, 0.2) is 0 Å². The monoisotopic (exact) mass is 308 g/mol. The summed E-state index contributed by atoms with van der Waals surface area (Å²) in [5.41, 5.74) is 0.963. The lowest BCUT2D eigenvalue weighted by Crippen LogP contribution is -2.44. The van der Waals surface area contributed by atoms with Gasteiger partial charge in [0.05, 0.1) is 18.2 Å². The summed E-state index contributed by atoms with van der Waals surface area (Å²) < 4.78 is 18.7. The maximum absolute atomic E-state index is 13.8. The van der Waals surface area contributed by atoms with E-state index in [1.54, 1.807) is 26.0 Å². The van der Waals surface area contributed by atoms with Crippen LogP contribution >= 0.6 is 0 Å². The Morgan fingerprint density at radius 2 is 2.23 bits per heavy atom. The lowest BCUT2D eigenvalue weighted by atomic mass is 9.97. The third kappa shape index (κ3) is 3.96. The van der Waals surface area contributed by atoms with Gasteiger partial charge in [-0.2, -0.15) is 0 Å². The standard InChI is InChI=1S/C16H21FN2O3/c1-3-22-16(21)19-8-4-5-12(10-19)15(20)18-14-7-6-11(2)9-13(14)17/h6-7,9,12H,3-5,8,10H2,1-2H3,(H,18,20)/t12-/m1/s1. The second kappa shape index (κ2) is 7.24. The zero-order valence-electron chi connectivity index (χ0n) is 12.9. The van der Waals surface area contributed by atoms with Crippen LogP contribution in [0.15, 0.2) is 18.2 Å². The van der Waals surface area contributed by atoms with E-state index in [9.17, 15) is 14.0 Å². The lowest BCUT2D eigenvalue weighted by Gasteiger charge is -2.31. The first kappa shape index (κ1) is 16.3. The fourth-order valence-corrected chi connectivity index (χ4v) is 2.53. The minimum atomic E-state index is -0.452. The van der Waals surface area contributed by atoms with Crippen LogP contribution in [0.3, 0.4) is 0 Å². The molecule has 1 fully saturated rings. The number of piperidine rings is 1. The molecule has 0 aromatic heterocycles.